The van der Waals surface area contributed by atoms with Crippen molar-refractivity contribution in [1.82, 2.24) is 9.21 Å². The van der Waals surface area contributed by atoms with Gasteiger partial charge in [0, 0.05) is 25.7 Å². The molecule has 1 aromatic carbocycles. The van der Waals surface area contributed by atoms with Crippen LogP contribution in [0.1, 0.15) is 12.8 Å². The lowest BCUT2D eigenvalue weighted by Gasteiger charge is -2.36. The number of phenols is 1. The molecule has 2 heterocycles. The molecule has 0 aliphatic carbocycles. The number of rotatable bonds is 2. The van der Waals surface area contributed by atoms with Gasteiger partial charge in [0.1, 0.15) is 5.75 Å². The molecule has 2 fully saturated rings. The van der Waals surface area contributed by atoms with Gasteiger partial charge in [0.05, 0.1) is 4.90 Å². The van der Waals surface area contributed by atoms with Crippen LogP contribution in [0.2, 0.25) is 0 Å². The van der Waals surface area contributed by atoms with Crippen LogP contribution >= 0.6 is 0 Å². The van der Waals surface area contributed by atoms with E-state index in [9.17, 15) is 13.5 Å². The molecule has 0 bridgehead atoms. The van der Waals surface area contributed by atoms with Crippen molar-refractivity contribution in [3.8, 4) is 5.75 Å². The minimum absolute atomic E-state index is 0.0829. The van der Waals surface area contributed by atoms with Gasteiger partial charge >= 0.3 is 0 Å². The lowest BCUT2D eigenvalue weighted by atomic mass is 10.2. The van der Waals surface area contributed by atoms with Crippen molar-refractivity contribution in [2.75, 3.05) is 26.2 Å². The van der Waals surface area contributed by atoms with E-state index >= 15 is 0 Å². The van der Waals surface area contributed by atoms with E-state index in [0.29, 0.717) is 19.1 Å². The standard InChI is InChI=1S/C13H18N2O3S/c16-12-3-5-13(6-4-12)19(17,18)15-9-8-14-7-1-2-11(14)10-15/h3-6,11,16H,1-2,7-10H2. The van der Waals surface area contributed by atoms with Crippen molar-refractivity contribution >= 4 is 10.0 Å². The van der Waals surface area contributed by atoms with Crippen molar-refractivity contribution < 1.29 is 13.5 Å². The van der Waals surface area contributed by atoms with Crippen molar-refractivity contribution in [2.24, 2.45) is 0 Å². The lowest BCUT2D eigenvalue weighted by molar-refractivity contribution is 0.158. The highest BCUT2D eigenvalue weighted by atomic mass is 32.2. The Balaban J connectivity index is 1.82. The maximum absolute atomic E-state index is 12.5. The van der Waals surface area contributed by atoms with E-state index in [1.807, 2.05) is 0 Å². The van der Waals surface area contributed by atoms with Crippen LogP contribution in [0.15, 0.2) is 29.2 Å². The van der Waals surface area contributed by atoms with Gasteiger partial charge in [-0.2, -0.15) is 4.31 Å². The number of hydrogen-bond donors (Lipinski definition) is 1. The van der Waals surface area contributed by atoms with E-state index in [1.54, 1.807) is 4.31 Å². The number of fused-ring (bicyclic) bond motifs is 1. The molecule has 19 heavy (non-hydrogen) atoms. The first-order chi connectivity index (χ1) is 9.07. The van der Waals surface area contributed by atoms with Gasteiger partial charge in [-0.15, -0.1) is 0 Å². The Kier molecular flexibility index (Phi) is 3.24. The summed E-state index contributed by atoms with van der Waals surface area (Å²) in [6.45, 7) is 3.06. The Morgan fingerprint density at radius 1 is 1.11 bits per heavy atom. The number of nitrogens with zero attached hydrogens (tertiary/aromatic N) is 2. The molecule has 0 amide bonds. The number of piperazine rings is 1. The van der Waals surface area contributed by atoms with Gasteiger partial charge in [0.15, 0.2) is 0 Å². The summed E-state index contributed by atoms with van der Waals surface area (Å²) < 4.78 is 26.6. The molecule has 2 saturated heterocycles. The van der Waals surface area contributed by atoms with Crippen LogP contribution in [0.25, 0.3) is 0 Å². The number of phenolic OH excluding ortho intramolecular Hbond substituents is 1. The van der Waals surface area contributed by atoms with Crippen LogP contribution < -0.4 is 0 Å². The van der Waals surface area contributed by atoms with Gasteiger partial charge in [0.2, 0.25) is 10.0 Å². The summed E-state index contributed by atoms with van der Waals surface area (Å²) in [7, 11) is -3.42. The first-order valence-corrected chi connectivity index (χ1v) is 8.04. The summed E-state index contributed by atoms with van der Waals surface area (Å²) in [5.41, 5.74) is 0. The Morgan fingerprint density at radius 3 is 2.58 bits per heavy atom. The highest BCUT2D eigenvalue weighted by Crippen LogP contribution is 2.26. The van der Waals surface area contributed by atoms with Crippen LogP contribution in [0, 0.1) is 0 Å². The zero-order chi connectivity index (χ0) is 13.5. The predicted octanol–water partition coefficient (Wildman–Crippen LogP) is 0.861. The maximum atomic E-state index is 12.5. The molecule has 0 radical (unpaired) electrons. The molecular formula is C13H18N2O3S. The van der Waals surface area contributed by atoms with Crippen LogP contribution in [-0.2, 0) is 10.0 Å². The summed E-state index contributed by atoms with van der Waals surface area (Å²) in [5, 5.41) is 9.24. The van der Waals surface area contributed by atoms with Crippen molar-refractivity contribution in [3.63, 3.8) is 0 Å². The third-order valence-corrected chi connectivity index (χ3v) is 5.90. The molecule has 0 spiro atoms. The monoisotopic (exact) mass is 282 g/mol. The van der Waals surface area contributed by atoms with Crippen LogP contribution in [-0.4, -0.2) is 55.0 Å². The van der Waals surface area contributed by atoms with Gasteiger partial charge in [-0.3, -0.25) is 4.90 Å². The summed E-state index contributed by atoms with van der Waals surface area (Å²) >= 11 is 0. The molecule has 3 rings (SSSR count). The van der Waals surface area contributed by atoms with Gasteiger partial charge < -0.3 is 5.11 Å². The normalized spacial score (nSPS) is 25.4. The van der Waals surface area contributed by atoms with Crippen LogP contribution in [0.4, 0.5) is 0 Å². The second-order valence-corrected chi connectivity index (χ2v) is 7.13. The maximum Gasteiger partial charge on any atom is 0.243 e. The molecule has 0 aromatic heterocycles. The highest BCUT2D eigenvalue weighted by Gasteiger charge is 2.36. The van der Waals surface area contributed by atoms with Crippen molar-refractivity contribution in [1.29, 1.82) is 0 Å². The second kappa shape index (κ2) is 4.77. The number of hydrogen-bond acceptors (Lipinski definition) is 4. The van der Waals surface area contributed by atoms with Crippen LogP contribution in [0.3, 0.4) is 0 Å². The predicted molar refractivity (Wildman–Crippen MR) is 71.5 cm³/mol. The lowest BCUT2D eigenvalue weighted by Crippen LogP contribution is -2.51. The first kappa shape index (κ1) is 12.9. The second-order valence-electron chi connectivity index (χ2n) is 5.19. The SMILES string of the molecule is O=S(=O)(c1ccc(O)cc1)N1CCN2CCCC2C1. The average Bonchev–Trinajstić information content (AvgIpc) is 2.86. The van der Waals surface area contributed by atoms with Crippen molar-refractivity contribution in [3.05, 3.63) is 24.3 Å². The van der Waals surface area contributed by atoms with E-state index in [4.69, 9.17) is 0 Å². The molecule has 1 atom stereocenters. The zero-order valence-corrected chi connectivity index (χ0v) is 11.5. The number of sulfonamides is 1. The van der Waals surface area contributed by atoms with Crippen molar-refractivity contribution in [2.45, 2.75) is 23.8 Å². The van der Waals surface area contributed by atoms with Gasteiger partial charge in [-0.05, 0) is 43.7 Å². The fraction of sp³-hybridized carbons (Fsp3) is 0.538. The molecule has 1 N–H and O–H groups in total. The Labute approximate surface area is 113 Å². The largest absolute Gasteiger partial charge is 0.508 e. The molecule has 0 saturated carbocycles. The quantitative estimate of drug-likeness (QED) is 0.874. The van der Waals surface area contributed by atoms with Gasteiger partial charge in [-0.1, -0.05) is 0 Å². The molecule has 2 aliphatic heterocycles. The fourth-order valence-electron chi connectivity index (χ4n) is 2.95. The third kappa shape index (κ3) is 2.35. The van der Waals surface area contributed by atoms with E-state index < -0.39 is 10.0 Å². The summed E-state index contributed by atoms with van der Waals surface area (Å²) in [5.74, 6) is 0.0829. The number of aromatic hydroxyl groups is 1. The minimum atomic E-state index is -3.42. The van der Waals surface area contributed by atoms with Gasteiger partial charge in [0.25, 0.3) is 0 Å². The first-order valence-electron chi connectivity index (χ1n) is 6.60. The van der Waals surface area contributed by atoms with Crippen LogP contribution in [0.5, 0.6) is 5.75 Å². The molecule has 5 nitrogen and oxygen atoms in total. The average molecular weight is 282 g/mol. The minimum Gasteiger partial charge on any atom is -0.508 e. The molecular weight excluding hydrogens is 264 g/mol. The molecule has 104 valence electrons. The molecule has 6 heteroatoms. The summed E-state index contributed by atoms with van der Waals surface area (Å²) in [6.07, 6.45) is 2.25. The fourth-order valence-corrected chi connectivity index (χ4v) is 4.42. The highest BCUT2D eigenvalue weighted by molar-refractivity contribution is 7.89. The zero-order valence-electron chi connectivity index (χ0n) is 10.7. The topological polar surface area (TPSA) is 60.9 Å². The van der Waals surface area contributed by atoms with E-state index in [-0.39, 0.29) is 10.6 Å². The van der Waals surface area contributed by atoms with Gasteiger partial charge in [-0.25, -0.2) is 8.42 Å². The van der Waals surface area contributed by atoms with E-state index in [2.05, 4.69) is 4.90 Å². The molecule has 2 aliphatic rings. The summed E-state index contributed by atoms with van der Waals surface area (Å²) in [6, 6.07) is 6.13. The Bertz CT molecular complexity index is 556. The third-order valence-electron chi connectivity index (χ3n) is 4.02. The van der Waals surface area contributed by atoms with E-state index in [1.165, 1.54) is 24.3 Å². The number of benzene rings is 1. The smallest absolute Gasteiger partial charge is 0.243 e. The van der Waals surface area contributed by atoms with E-state index in [0.717, 1.165) is 25.9 Å². The Hall–Kier alpha value is -1.11. The Morgan fingerprint density at radius 2 is 1.84 bits per heavy atom. The summed E-state index contributed by atoms with van der Waals surface area (Å²) in [4.78, 5) is 2.64. The molecule has 1 unspecified atom stereocenters. The molecule has 1 aromatic rings.